The summed E-state index contributed by atoms with van der Waals surface area (Å²) in [5.74, 6) is 0.958. The van der Waals surface area contributed by atoms with Crippen LogP contribution in [0.5, 0.6) is 5.75 Å². The van der Waals surface area contributed by atoms with E-state index in [4.69, 9.17) is 4.74 Å². The molecule has 0 fully saturated rings. The van der Waals surface area contributed by atoms with Crippen LogP contribution in [0.15, 0.2) is 34.6 Å². The molecule has 17 heavy (non-hydrogen) atoms. The van der Waals surface area contributed by atoms with Crippen molar-refractivity contribution in [2.24, 2.45) is 10.3 Å². The highest BCUT2D eigenvalue weighted by Gasteiger charge is 2.10. The van der Waals surface area contributed by atoms with E-state index in [-0.39, 0.29) is 0 Å². The summed E-state index contributed by atoms with van der Waals surface area (Å²) >= 11 is 0. The third kappa shape index (κ3) is 4.06. The van der Waals surface area contributed by atoms with Gasteiger partial charge in [0.05, 0.1) is 19.2 Å². The molecule has 4 heteroatoms. The molecule has 92 valence electrons. The predicted octanol–water partition coefficient (Wildman–Crippen LogP) is 2.88. The molecule has 1 unspecified atom stereocenters. The second kappa shape index (κ2) is 6.23. The molecular formula is C13H19N3O. The lowest BCUT2D eigenvalue weighted by molar-refractivity contribution is 0.302. The number of hydrogen-bond acceptors (Lipinski definition) is 4. The number of unbranched alkanes of at least 4 members (excludes halogenated alkanes) is 1. The Morgan fingerprint density at radius 2 is 2.12 bits per heavy atom. The van der Waals surface area contributed by atoms with Crippen molar-refractivity contribution in [3.05, 3.63) is 29.8 Å². The van der Waals surface area contributed by atoms with Gasteiger partial charge < -0.3 is 4.74 Å². The van der Waals surface area contributed by atoms with Gasteiger partial charge in [0.25, 0.3) is 0 Å². The third-order valence-corrected chi connectivity index (χ3v) is 2.85. The number of aryl methyl sites for hydroxylation is 1. The van der Waals surface area contributed by atoms with E-state index in [1.807, 2.05) is 12.1 Å². The van der Waals surface area contributed by atoms with Crippen molar-refractivity contribution in [3.63, 3.8) is 0 Å². The molecule has 0 spiro atoms. The first-order valence-electron chi connectivity index (χ1n) is 6.16. The molecule has 1 aliphatic heterocycles. The average molecular weight is 233 g/mol. The first-order chi connectivity index (χ1) is 8.34. The molecule has 0 saturated heterocycles. The third-order valence-electron chi connectivity index (χ3n) is 2.85. The number of hydrogen-bond donors (Lipinski definition) is 1. The average Bonchev–Trinajstić information content (AvgIpc) is 2.84. The fourth-order valence-corrected chi connectivity index (χ4v) is 1.78. The maximum absolute atomic E-state index is 5.66. The summed E-state index contributed by atoms with van der Waals surface area (Å²) in [5, 5.41) is 7.67. The van der Waals surface area contributed by atoms with Crippen LogP contribution in [0.4, 0.5) is 0 Å². The molecule has 1 atom stereocenters. The maximum atomic E-state index is 5.66. The van der Waals surface area contributed by atoms with E-state index < -0.39 is 0 Å². The first kappa shape index (κ1) is 11.9. The van der Waals surface area contributed by atoms with Crippen LogP contribution in [0.2, 0.25) is 0 Å². The summed E-state index contributed by atoms with van der Waals surface area (Å²) in [5.41, 5.74) is 4.25. The van der Waals surface area contributed by atoms with Crippen LogP contribution < -0.4 is 10.2 Å². The Morgan fingerprint density at radius 3 is 2.82 bits per heavy atom. The van der Waals surface area contributed by atoms with Gasteiger partial charge in [0.2, 0.25) is 0 Å². The molecule has 1 aromatic carbocycles. The SMILES string of the molecule is Cc1ccc(OCCCCC2CN=NN2)cc1. The van der Waals surface area contributed by atoms with Gasteiger partial charge in [-0.3, -0.25) is 5.43 Å². The summed E-state index contributed by atoms with van der Waals surface area (Å²) < 4.78 is 5.66. The number of benzene rings is 1. The van der Waals surface area contributed by atoms with Crippen molar-refractivity contribution in [2.45, 2.75) is 32.2 Å². The molecule has 0 aromatic heterocycles. The smallest absolute Gasteiger partial charge is 0.119 e. The zero-order valence-corrected chi connectivity index (χ0v) is 10.2. The van der Waals surface area contributed by atoms with Gasteiger partial charge >= 0.3 is 0 Å². The van der Waals surface area contributed by atoms with Crippen LogP contribution in [0.3, 0.4) is 0 Å². The van der Waals surface area contributed by atoms with E-state index in [1.54, 1.807) is 0 Å². The summed E-state index contributed by atoms with van der Waals surface area (Å²) in [4.78, 5) is 0. The summed E-state index contributed by atoms with van der Waals surface area (Å²) in [6.07, 6.45) is 3.34. The van der Waals surface area contributed by atoms with Crippen molar-refractivity contribution < 1.29 is 4.74 Å². The minimum Gasteiger partial charge on any atom is -0.494 e. The Morgan fingerprint density at radius 1 is 1.29 bits per heavy atom. The first-order valence-corrected chi connectivity index (χ1v) is 6.16. The lowest BCUT2D eigenvalue weighted by atomic mass is 10.1. The minimum atomic E-state index is 0.439. The highest BCUT2D eigenvalue weighted by molar-refractivity contribution is 5.26. The van der Waals surface area contributed by atoms with Crippen LogP contribution in [0.25, 0.3) is 0 Å². The van der Waals surface area contributed by atoms with Crippen molar-refractivity contribution in [1.29, 1.82) is 0 Å². The highest BCUT2D eigenvalue weighted by Crippen LogP contribution is 2.12. The lowest BCUT2D eigenvalue weighted by Crippen LogP contribution is -2.21. The van der Waals surface area contributed by atoms with Crippen molar-refractivity contribution in [2.75, 3.05) is 13.2 Å². The zero-order valence-electron chi connectivity index (χ0n) is 10.2. The normalized spacial score (nSPS) is 18.1. The van der Waals surface area contributed by atoms with E-state index in [0.29, 0.717) is 6.04 Å². The molecule has 0 amide bonds. The molecule has 2 rings (SSSR count). The van der Waals surface area contributed by atoms with Gasteiger partial charge in [0.1, 0.15) is 5.75 Å². The molecule has 4 nitrogen and oxygen atoms in total. The Kier molecular flexibility index (Phi) is 4.36. The van der Waals surface area contributed by atoms with Gasteiger partial charge in [-0.1, -0.05) is 22.9 Å². The Hall–Kier alpha value is -1.58. The number of nitrogens with zero attached hydrogens (tertiary/aromatic N) is 2. The van der Waals surface area contributed by atoms with E-state index in [1.165, 1.54) is 5.56 Å². The lowest BCUT2D eigenvalue weighted by Gasteiger charge is -2.08. The molecule has 1 N–H and O–H groups in total. The van der Waals surface area contributed by atoms with Gasteiger partial charge in [-0.15, -0.1) is 0 Å². The van der Waals surface area contributed by atoms with E-state index in [9.17, 15) is 0 Å². The van der Waals surface area contributed by atoms with E-state index in [0.717, 1.165) is 38.2 Å². The molecule has 0 saturated carbocycles. The van der Waals surface area contributed by atoms with Crippen LogP contribution in [-0.2, 0) is 0 Å². The van der Waals surface area contributed by atoms with Crippen LogP contribution in [-0.4, -0.2) is 19.2 Å². The van der Waals surface area contributed by atoms with Gasteiger partial charge in [0, 0.05) is 0 Å². The summed E-state index contributed by atoms with van der Waals surface area (Å²) in [6, 6.07) is 8.62. The van der Waals surface area contributed by atoms with Crippen LogP contribution in [0.1, 0.15) is 24.8 Å². The number of ether oxygens (including phenoxy) is 1. The van der Waals surface area contributed by atoms with Gasteiger partial charge in [-0.05, 0) is 38.3 Å². The molecule has 1 heterocycles. The van der Waals surface area contributed by atoms with Crippen LogP contribution >= 0.6 is 0 Å². The Labute approximate surface area is 102 Å². The van der Waals surface area contributed by atoms with Gasteiger partial charge in [0.15, 0.2) is 0 Å². The van der Waals surface area contributed by atoms with Crippen LogP contribution in [0, 0.1) is 6.92 Å². The highest BCUT2D eigenvalue weighted by atomic mass is 16.5. The summed E-state index contributed by atoms with van der Waals surface area (Å²) in [6.45, 7) is 3.68. The van der Waals surface area contributed by atoms with Gasteiger partial charge in [-0.25, -0.2) is 0 Å². The zero-order chi connectivity index (χ0) is 11.9. The molecule has 0 aliphatic carbocycles. The monoisotopic (exact) mass is 233 g/mol. The number of rotatable bonds is 6. The van der Waals surface area contributed by atoms with Gasteiger partial charge in [-0.2, -0.15) is 5.11 Å². The largest absolute Gasteiger partial charge is 0.494 e. The molecule has 1 aromatic rings. The second-order valence-electron chi connectivity index (χ2n) is 4.41. The second-order valence-corrected chi connectivity index (χ2v) is 4.41. The number of nitrogens with one attached hydrogen (secondary N) is 1. The van der Waals surface area contributed by atoms with E-state index in [2.05, 4.69) is 34.8 Å². The van der Waals surface area contributed by atoms with E-state index >= 15 is 0 Å². The topological polar surface area (TPSA) is 46.0 Å². The summed E-state index contributed by atoms with van der Waals surface area (Å²) in [7, 11) is 0. The molecule has 0 radical (unpaired) electrons. The predicted molar refractivity (Wildman–Crippen MR) is 67.2 cm³/mol. The van der Waals surface area contributed by atoms with Crippen molar-refractivity contribution in [1.82, 2.24) is 5.43 Å². The quantitative estimate of drug-likeness (QED) is 0.768. The van der Waals surface area contributed by atoms with Crippen molar-refractivity contribution in [3.8, 4) is 5.75 Å². The Bertz CT molecular complexity index is 353. The molecule has 1 aliphatic rings. The maximum Gasteiger partial charge on any atom is 0.119 e. The van der Waals surface area contributed by atoms with Crippen molar-refractivity contribution >= 4 is 0 Å². The fourth-order valence-electron chi connectivity index (χ4n) is 1.78. The molecular weight excluding hydrogens is 214 g/mol. The fraction of sp³-hybridized carbons (Fsp3) is 0.538. The minimum absolute atomic E-state index is 0.439. The standard InChI is InChI=1S/C13H19N3O/c1-11-5-7-13(8-6-11)17-9-3-2-4-12-10-14-16-15-12/h5-8,12H,2-4,9-10H2,1H3,(H,14,15). The Balaban J connectivity index is 1.55. The molecule has 0 bridgehead atoms.